The number of carbonyl (C=O) groups is 2. The monoisotopic (exact) mass is 350 g/mol. The Labute approximate surface area is 122 Å². The molecule has 1 aliphatic rings. The van der Waals surface area contributed by atoms with Gasteiger partial charge in [0.05, 0.1) is 21.7 Å². The van der Waals surface area contributed by atoms with Crippen LogP contribution in [0.15, 0.2) is 16.6 Å². The molecule has 0 aromatic heterocycles. The van der Waals surface area contributed by atoms with Crippen molar-refractivity contribution in [2.75, 3.05) is 11.9 Å². The predicted molar refractivity (Wildman–Crippen MR) is 73.9 cm³/mol. The summed E-state index contributed by atoms with van der Waals surface area (Å²) in [5.74, 6) is -0.722. The van der Waals surface area contributed by atoms with Crippen LogP contribution in [0.3, 0.4) is 0 Å². The largest absolute Gasteiger partial charge is 0.355 e. The Morgan fingerprint density at radius 2 is 2.11 bits per heavy atom. The highest BCUT2D eigenvalue weighted by Crippen LogP contribution is 2.36. The topological polar surface area (TPSA) is 58.2 Å². The molecule has 0 radical (unpaired) electrons. The maximum absolute atomic E-state index is 11.9. The lowest BCUT2D eigenvalue weighted by atomic mass is 10.1. The summed E-state index contributed by atoms with van der Waals surface area (Å²) in [5, 5.41) is 5.89. The average Bonchev–Trinajstić information content (AvgIpc) is 2.77. The average molecular weight is 352 g/mol. The maximum Gasteiger partial charge on any atom is 0.229 e. The van der Waals surface area contributed by atoms with Crippen LogP contribution in [0.25, 0.3) is 0 Å². The lowest BCUT2D eigenvalue weighted by Gasteiger charge is -2.11. The Hall–Kier alpha value is -0.780. The molecule has 96 valence electrons. The quantitative estimate of drug-likeness (QED) is 0.805. The molecule has 18 heavy (non-hydrogen) atoms. The molecule has 0 aliphatic carbocycles. The van der Waals surface area contributed by atoms with Gasteiger partial charge >= 0.3 is 0 Å². The first-order chi connectivity index (χ1) is 8.49. The second-order valence-corrected chi connectivity index (χ2v) is 5.53. The van der Waals surface area contributed by atoms with E-state index in [1.807, 2.05) is 0 Å². The van der Waals surface area contributed by atoms with E-state index in [0.29, 0.717) is 21.7 Å². The highest BCUT2D eigenvalue weighted by atomic mass is 79.9. The van der Waals surface area contributed by atoms with E-state index in [2.05, 4.69) is 26.6 Å². The van der Waals surface area contributed by atoms with Gasteiger partial charge in [-0.05, 0) is 28.1 Å². The van der Waals surface area contributed by atoms with Crippen LogP contribution in [0.2, 0.25) is 10.0 Å². The molecule has 1 aromatic carbocycles. The van der Waals surface area contributed by atoms with Crippen molar-refractivity contribution in [3.63, 3.8) is 0 Å². The summed E-state index contributed by atoms with van der Waals surface area (Å²) in [6, 6.07) is 3.35. The zero-order valence-corrected chi connectivity index (χ0v) is 12.2. The summed E-state index contributed by atoms with van der Waals surface area (Å²) >= 11 is 15.2. The Bertz CT molecular complexity index is 522. The molecule has 1 unspecified atom stereocenters. The summed E-state index contributed by atoms with van der Waals surface area (Å²) in [6.45, 7) is 0.354. The minimum atomic E-state index is -0.365. The van der Waals surface area contributed by atoms with Crippen LogP contribution in [0.5, 0.6) is 0 Å². The Kier molecular flexibility index (Phi) is 4.14. The zero-order chi connectivity index (χ0) is 13.3. The molecule has 1 aliphatic heterocycles. The van der Waals surface area contributed by atoms with Crippen LogP contribution in [0, 0.1) is 5.92 Å². The number of hydrogen-bond acceptors (Lipinski definition) is 2. The molecule has 1 atom stereocenters. The van der Waals surface area contributed by atoms with E-state index < -0.39 is 0 Å². The lowest BCUT2D eigenvalue weighted by Crippen LogP contribution is -2.24. The van der Waals surface area contributed by atoms with Crippen molar-refractivity contribution in [3.05, 3.63) is 26.7 Å². The third-order valence-electron chi connectivity index (χ3n) is 2.64. The molecule has 1 saturated heterocycles. The van der Waals surface area contributed by atoms with Crippen LogP contribution in [-0.2, 0) is 9.59 Å². The van der Waals surface area contributed by atoms with E-state index in [1.54, 1.807) is 12.1 Å². The SMILES string of the molecule is O=C1CC(C(=O)Nc2ccc(Br)c(Cl)c2Cl)CN1. The van der Waals surface area contributed by atoms with Crippen molar-refractivity contribution in [1.29, 1.82) is 0 Å². The molecule has 1 fully saturated rings. The molecule has 1 heterocycles. The standard InChI is InChI=1S/C11H9BrCl2N2O2/c12-6-1-2-7(10(14)9(6)13)16-11(18)5-3-8(17)15-4-5/h1-2,5H,3-4H2,(H,15,17)(H,16,18). The number of benzene rings is 1. The number of anilines is 1. The molecule has 2 N–H and O–H groups in total. The first kappa shape index (κ1) is 13.6. The number of amides is 2. The Morgan fingerprint density at radius 1 is 1.39 bits per heavy atom. The van der Waals surface area contributed by atoms with Gasteiger partial charge in [-0.1, -0.05) is 23.2 Å². The fraction of sp³-hybridized carbons (Fsp3) is 0.273. The van der Waals surface area contributed by atoms with Gasteiger partial charge < -0.3 is 10.6 Å². The van der Waals surface area contributed by atoms with Crippen molar-refractivity contribution < 1.29 is 9.59 Å². The smallest absolute Gasteiger partial charge is 0.229 e. The normalized spacial score (nSPS) is 18.6. The first-order valence-corrected chi connectivity index (χ1v) is 6.75. The summed E-state index contributed by atoms with van der Waals surface area (Å²) in [6.07, 6.45) is 0.202. The molecular formula is C11H9BrCl2N2O2. The number of carbonyl (C=O) groups excluding carboxylic acids is 2. The van der Waals surface area contributed by atoms with Gasteiger partial charge in [0.25, 0.3) is 0 Å². The summed E-state index contributed by atoms with van der Waals surface area (Å²) in [5.41, 5.74) is 0.439. The second kappa shape index (κ2) is 5.47. The summed E-state index contributed by atoms with van der Waals surface area (Å²) < 4.78 is 0.657. The molecule has 1 aromatic rings. The fourth-order valence-electron chi connectivity index (χ4n) is 1.65. The number of nitrogens with one attached hydrogen (secondary N) is 2. The van der Waals surface area contributed by atoms with Gasteiger partial charge in [-0.25, -0.2) is 0 Å². The Morgan fingerprint density at radius 3 is 2.72 bits per heavy atom. The third kappa shape index (κ3) is 2.79. The second-order valence-electron chi connectivity index (χ2n) is 3.92. The van der Waals surface area contributed by atoms with E-state index in [-0.39, 0.29) is 29.2 Å². The molecule has 2 rings (SSSR count). The molecule has 0 saturated carbocycles. The van der Waals surface area contributed by atoms with E-state index in [9.17, 15) is 9.59 Å². The number of halogens is 3. The predicted octanol–water partition coefficient (Wildman–Crippen LogP) is 2.83. The third-order valence-corrected chi connectivity index (χ3v) is 4.41. The van der Waals surface area contributed by atoms with Gasteiger partial charge in [0.1, 0.15) is 0 Å². The van der Waals surface area contributed by atoms with Gasteiger partial charge in [0.15, 0.2) is 0 Å². The van der Waals surface area contributed by atoms with Crippen LogP contribution >= 0.6 is 39.1 Å². The highest BCUT2D eigenvalue weighted by molar-refractivity contribution is 9.10. The first-order valence-electron chi connectivity index (χ1n) is 5.20. The van der Waals surface area contributed by atoms with Gasteiger partial charge in [-0.2, -0.15) is 0 Å². The minimum absolute atomic E-state index is 0.116. The molecule has 0 bridgehead atoms. The van der Waals surface area contributed by atoms with Crippen LogP contribution in [-0.4, -0.2) is 18.4 Å². The molecule has 0 spiro atoms. The van der Waals surface area contributed by atoms with Gasteiger partial charge in [0, 0.05) is 17.4 Å². The van der Waals surface area contributed by atoms with Gasteiger partial charge in [-0.3, -0.25) is 9.59 Å². The highest BCUT2D eigenvalue weighted by Gasteiger charge is 2.28. The lowest BCUT2D eigenvalue weighted by molar-refractivity contribution is -0.123. The van der Waals surface area contributed by atoms with Crippen molar-refractivity contribution in [2.24, 2.45) is 5.92 Å². The molecular weight excluding hydrogens is 343 g/mol. The number of rotatable bonds is 2. The summed E-state index contributed by atoms with van der Waals surface area (Å²) in [4.78, 5) is 22.9. The van der Waals surface area contributed by atoms with Gasteiger partial charge in [0.2, 0.25) is 11.8 Å². The van der Waals surface area contributed by atoms with Crippen molar-refractivity contribution in [2.45, 2.75) is 6.42 Å². The van der Waals surface area contributed by atoms with E-state index >= 15 is 0 Å². The number of hydrogen-bond donors (Lipinski definition) is 2. The van der Waals surface area contributed by atoms with E-state index in [4.69, 9.17) is 23.2 Å². The zero-order valence-electron chi connectivity index (χ0n) is 9.10. The van der Waals surface area contributed by atoms with E-state index in [1.165, 1.54) is 0 Å². The van der Waals surface area contributed by atoms with Crippen LogP contribution < -0.4 is 10.6 Å². The van der Waals surface area contributed by atoms with Crippen LogP contribution in [0.1, 0.15) is 6.42 Å². The van der Waals surface area contributed by atoms with Crippen molar-refractivity contribution >= 4 is 56.6 Å². The van der Waals surface area contributed by atoms with E-state index in [0.717, 1.165) is 0 Å². The molecule has 2 amide bonds. The molecule has 7 heteroatoms. The Balaban J connectivity index is 2.12. The summed E-state index contributed by atoms with van der Waals surface area (Å²) in [7, 11) is 0. The van der Waals surface area contributed by atoms with Gasteiger partial charge in [-0.15, -0.1) is 0 Å². The molecule has 4 nitrogen and oxygen atoms in total. The fourth-order valence-corrected chi connectivity index (χ4v) is 2.47. The van der Waals surface area contributed by atoms with Crippen LogP contribution in [0.4, 0.5) is 5.69 Å². The minimum Gasteiger partial charge on any atom is -0.355 e. The van der Waals surface area contributed by atoms with Crippen molar-refractivity contribution in [3.8, 4) is 0 Å². The maximum atomic E-state index is 11.9. The van der Waals surface area contributed by atoms with Crippen molar-refractivity contribution in [1.82, 2.24) is 5.32 Å².